The number of amides is 1. The van der Waals surface area contributed by atoms with E-state index in [1.807, 2.05) is 42.5 Å². The molecule has 1 heterocycles. The van der Waals surface area contributed by atoms with E-state index in [9.17, 15) is 4.79 Å². The van der Waals surface area contributed by atoms with Gasteiger partial charge in [0.15, 0.2) is 0 Å². The fraction of sp³-hybridized carbons (Fsp3) is 0.296. The highest BCUT2D eigenvalue weighted by Gasteiger charge is 2.35. The Hall–Kier alpha value is -3.27. The molecule has 0 bridgehead atoms. The molecule has 0 fully saturated rings. The Morgan fingerprint density at radius 1 is 1.03 bits per heavy atom. The second kappa shape index (κ2) is 8.46. The number of anilines is 2. The van der Waals surface area contributed by atoms with Gasteiger partial charge in [-0.1, -0.05) is 70.2 Å². The smallest absolute Gasteiger partial charge is 0.410 e. The Kier molecular flexibility index (Phi) is 5.73. The van der Waals surface area contributed by atoms with Crippen LogP contribution in [0.15, 0.2) is 72.8 Å². The number of nitrogens with zero attached hydrogens (tertiary/aromatic N) is 1. The number of fused-ring (bicyclic) bond motifs is 1. The molecule has 0 radical (unpaired) electrons. The number of benzene rings is 3. The molecule has 1 aliphatic heterocycles. The van der Waals surface area contributed by atoms with Gasteiger partial charge >= 0.3 is 6.09 Å². The summed E-state index contributed by atoms with van der Waals surface area (Å²) in [7, 11) is 0. The van der Waals surface area contributed by atoms with Crippen LogP contribution in [-0.4, -0.2) is 12.6 Å². The van der Waals surface area contributed by atoms with Gasteiger partial charge in [-0.3, -0.25) is 5.32 Å². The Balaban J connectivity index is 1.46. The highest BCUT2D eigenvalue weighted by atomic mass is 16.6. The molecule has 1 aliphatic rings. The summed E-state index contributed by atoms with van der Waals surface area (Å²) in [6, 6.07) is 24.3. The van der Waals surface area contributed by atoms with E-state index in [2.05, 4.69) is 68.2 Å². The van der Waals surface area contributed by atoms with E-state index in [1.165, 1.54) is 22.4 Å². The van der Waals surface area contributed by atoms with Gasteiger partial charge in [-0.05, 0) is 52.9 Å². The molecule has 0 spiro atoms. The second-order valence-electron chi connectivity index (χ2n) is 9.20. The summed E-state index contributed by atoms with van der Waals surface area (Å²) in [5.41, 5.74) is 5.63. The summed E-state index contributed by atoms with van der Waals surface area (Å²) in [5.74, 6) is 1.02. The number of carbonyl (C=O) groups excluding carboxylic acids is 1. The lowest BCUT2D eigenvalue weighted by molar-refractivity contribution is 0.215. The molecule has 1 N–H and O–H groups in total. The molecule has 0 atom stereocenters. The van der Waals surface area contributed by atoms with Crippen molar-refractivity contribution in [2.45, 2.75) is 45.6 Å². The molecule has 31 heavy (non-hydrogen) atoms. The van der Waals surface area contributed by atoms with Crippen molar-refractivity contribution >= 4 is 17.5 Å². The maximum absolute atomic E-state index is 12.4. The van der Waals surface area contributed by atoms with Crippen LogP contribution in [0.5, 0.6) is 5.75 Å². The zero-order chi connectivity index (χ0) is 22.0. The predicted octanol–water partition coefficient (Wildman–Crippen LogP) is 6.72. The molecule has 4 heteroatoms. The molecule has 0 unspecified atom stereocenters. The number of hydrogen-bond acceptors (Lipinski definition) is 3. The van der Waals surface area contributed by atoms with Crippen molar-refractivity contribution in [1.82, 2.24) is 0 Å². The second-order valence-corrected chi connectivity index (χ2v) is 9.20. The fourth-order valence-electron chi connectivity index (χ4n) is 4.19. The zero-order valence-electron chi connectivity index (χ0n) is 18.7. The van der Waals surface area contributed by atoms with Gasteiger partial charge < -0.3 is 9.64 Å². The molecular formula is C27H30N2O2. The minimum atomic E-state index is -0.478. The number of ether oxygens (including phenoxy) is 1. The third-order valence-electron chi connectivity index (χ3n) is 5.87. The van der Waals surface area contributed by atoms with Crippen molar-refractivity contribution in [1.29, 1.82) is 0 Å². The fourth-order valence-corrected chi connectivity index (χ4v) is 4.19. The maximum Gasteiger partial charge on any atom is 0.417 e. The first kappa shape index (κ1) is 21.0. The Morgan fingerprint density at radius 2 is 1.74 bits per heavy atom. The van der Waals surface area contributed by atoms with E-state index in [0.717, 1.165) is 18.8 Å². The van der Waals surface area contributed by atoms with Gasteiger partial charge in [0.2, 0.25) is 0 Å². The summed E-state index contributed by atoms with van der Waals surface area (Å²) in [4.78, 5) is 14.8. The van der Waals surface area contributed by atoms with E-state index in [1.54, 1.807) is 0 Å². The summed E-state index contributed by atoms with van der Waals surface area (Å²) in [6.07, 6.45) is -0.478. The van der Waals surface area contributed by atoms with Crippen LogP contribution in [0.25, 0.3) is 0 Å². The molecule has 3 aromatic carbocycles. The standard InChI is InChI=1S/C27H30N2O2/c1-19(2)21-10-12-22(13-11-21)28-26(30)31-23-14-15-25-24(16-23)27(3,4)18-29(25)17-20-8-6-5-7-9-20/h5-16,19H,17-18H2,1-4H3,(H,28,30). The first-order chi connectivity index (χ1) is 14.8. The quantitative estimate of drug-likeness (QED) is 0.504. The summed E-state index contributed by atoms with van der Waals surface area (Å²) in [5, 5.41) is 2.81. The summed E-state index contributed by atoms with van der Waals surface area (Å²) < 4.78 is 5.60. The zero-order valence-corrected chi connectivity index (χ0v) is 18.7. The van der Waals surface area contributed by atoms with E-state index >= 15 is 0 Å². The van der Waals surface area contributed by atoms with Gasteiger partial charge in [-0.25, -0.2) is 4.79 Å². The largest absolute Gasteiger partial charge is 0.417 e. The van der Waals surface area contributed by atoms with Gasteiger partial charge in [0, 0.05) is 29.9 Å². The van der Waals surface area contributed by atoms with Crippen LogP contribution in [0.4, 0.5) is 16.2 Å². The Labute approximate surface area is 184 Å². The molecule has 0 saturated heterocycles. The van der Waals surface area contributed by atoms with Crippen LogP contribution < -0.4 is 15.0 Å². The van der Waals surface area contributed by atoms with Crippen molar-refractivity contribution in [3.05, 3.63) is 89.5 Å². The SMILES string of the molecule is CC(C)c1ccc(NC(=O)Oc2ccc3c(c2)C(C)(C)CN3Cc2ccccc2)cc1. The third-order valence-corrected chi connectivity index (χ3v) is 5.87. The predicted molar refractivity (Wildman–Crippen MR) is 127 cm³/mol. The lowest BCUT2D eigenvalue weighted by Gasteiger charge is -2.22. The monoisotopic (exact) mass is 414 g/mol. The summed E-state index contributed by atoms with van der Waals surface area (Å²) >= 11 is 0. The van der Waals surface area contributed by atoms with Crippen LogP contribution in [0.2, 0.25) is 0 Å². The molecule has 0 saturated carbocycles. The number of hydrogen-bond donors (Lipinski definition) is 1. The minimum Gasteiger partial charge on any atom is -0.410 e. The molecular weight excluding hydrogens is 384 g/mol. The first-order valence-corrected chi connectivity index (χ1v) is 10.8. The van der Waals surface area contributed by atoms with E-state index in [0.29, 0.717) is 11.7 Å². The Morgan fingerprint density at radius 3 is 2.42 bits per heavy atom. The third kappa shape index (κ3) is 4.74. The Bertz CT molecular complexity index is 1060. The molecule has 4 nitrogen and oxygen atoms in total. The van der Waals surface area contributed by atoms with Crippen molar-refractivity contribution in [2.24, 2.45) is 0 Å². The highest BCUT2D eigenvalue weighted by Crippen LogP contribution is 2.42. The average molecular weight is 415 g/mol. The highest BCUT2D eigenvalue weighted by molar-refractivity contribution is 5.86. The van der Waals surface area contributed by atoms with E-state index in [-0.39, 0.29) is 5.41 Å². The van der Waals surface area contributed by atoms with Crippen molar-refractivity contribution in [3.8, 4) is 5.75 Å². The van der Waals surface area contributed by atoms with Crippen LogP contribution in [0, 0.1) is 0 Å². The van der Waals surface area contributed by atoms with Crippen LogP contribution in [0.1, 0.15) is 50.3 Å². The van der Waals surface area contributed by atoms with E-state index in [4.69, 9.17) is 4.74 Å². The van der Waals surface area contributed by atoms with Gasteiger partial charge in [-0.15, -0.1) is 0 Å². The number of rotatable bonds is 5. The maximum atomic E-state index is 12.4. The van der Waals surface area contributed by atoms with Crippen LogP contribution in [0.3, 0.4) is 0 Å². The van der Waals surface area contributed by atoms with Crippen molar-refractivity contribution in [3.63, 3.8) is 0 Å². The van der Waals surface area contributed by atoms with Gasteiger partial charge in [0.1, 0.15) is 5.75 Å². The number of carbonyl (C=O) groups is 1. The molecule has 4 rings (SSSR count). The normalized spacial score (nSPS) is 14.4. The van der Waals surface area contributed by atoms with Crippen molar-refractivity contribution < 1.29 is 9.53 Å². The average Bonchev–Trinajstić information content (AvgIpc) is 2.98. The summed E-state index contributed by atoms with van der Waals surface area (Å²) in [6.45, 7) is 10.5. The first-order valence-electron chi connectivity index (χ1n) is 10.8. The van der Waals surface area contributed by atoms with E-state index < -0.39 is 6.09 Å². The van der Waals surface area contributed by atoms with Crippen LogP contribution >= 0.6 is 0 Å². The van der Waals surface area contributed by atoms with Crippen LogP contribution in [-0.2, 0) is 12.0 Å². The van der Waals surface area contributed by atoms with Gasteiger partial charge in [-0.2, -0.15) is 0 Å². The molecule has 0 aliphatic carbocycles. The van der Waals surface area contributed by atoms with Gasteiger partial charge in [0.25, 0.3) is 0 Å². The van der Waals surface area contributed by atoms with Crippen molar-refractivity contribution in [2.75, 3.05) is 16.8 Å². The molecule has 1 amide bonds. The molecule has 3 aromatic rings. The van der Waals surface area contributed by atoms with Gasteiger partial charge in [0.05, 0.1) is 0 Å². The number of nitrogens with one attached hydrogen (secondary N) is 1. The lowest BCUT2D eigenvalue weighted by atomic mass is 9.87. The molecule has 160 valence electrons. The molecule has 0 aromatic heterocycles. The minimum absolute atomic E-state index is 0.0212. The topological polar surface area (TPSA) is 41.6 Å². The lowest BCUT2D eigenvalue weighted by Crippen LogP contribution is -2.28.